The normalized spacial score (nSPS) is 2.70. The van der Waals surface area contributed by atoms with Gasteiger partial charge < -0.3 is 32.9 Å². The molecule has 6 nitrogen and oxygen atoms in total. The molecule has 0 bridgehead atoms. The Kier molecular flexibility index (Phi) is 267. The van der Waals surface area contributed by atoms with Crippen molar-refractivity contribution >= 4 is 20.4 Å². The van der Waals surface area contributed by atoms with Gasteiger partial charge >= 0.3 is 46.0 Å². The minimum absolute atomic E-state index is 0. The molecule has 0 amide bonds. The molecule has 12 N–H and O–H groups in total. The van der Waals surface area contributed by atoms with Gasteiger partial charge in [-0.3, -0.25) is 0 Å². The first-order valence-electron chi connectivity index (χ1n) is 0.655. The summed E-state index contributed by atoms with van der Waals surface area (Å²) in [7, 11) is 0. The molecule has 0 saturated heterocycles. The molecule has 0 unspecified atom stereocenters. The van der Waals surface area contributed by atoms with Crippen molar-refractivity contribution in [3.05, 3.63) is 0 Å². The first-order valence-corrected chi connectivity index (χ1v) is 14.3. The Labute approximate surface area is 78.0 Å². The van der Waals surface area contributed by atoms with Gasteiger partial charge in [0.1, 0.15) is 0 Å². The molecule has 72 valence electrons. The summed E-state index contributed by atoms with van der Waals surface area (Å²) in [5, 5.41) is 0. The van der Waals surface area contributed by atoms with Crippen LogP contribution in [0.25, 0.3) is 0 Å². The second-order valence-corrected chi connectivity index (χ2v) is 16.2. The average Bonchev–Trinajstić information content (AvgIpc) is 0.811. The van der Waals surface area contributed by atoms with Gasteiger partial charge in [0.25, 0.3) is 0 Å². The van der Waals surface area contributed by atoms with E-state index in [-0.39, 0.29) is 32.9 Å². The molecule has 0 spiro atoms. The van der Waals surface area contributed by atoms with E-state index in [1.807, 2.05) is 0 Å². The molecule has 10 heavy (non-hydrogen) atoms. The molecule has 0 aromatic heterocycles. The van der Waals surface area contributed by atoms with E-state index >= 15 is 0 Å². The molecular weight excluding hydrogens is 341 g/mol. The average molecular weight is 353 g/mol. The van der Waals surface area contributed by atoms with Crippen LogP contribution in [-0.4, -0.2) is 32.9 Å². The van der Waals surface area contributed by atoms with E-state index in [4.69, 9.17) is 20.4 Å². The van der Waals surface area contributed by atoms with E-state index in [2.05, 4.69) is 0 Å². The zero-order chi connectivity index (χ0) is 3.58. The van der Waals surface area contributed by atoms with Crippen molar-refractivity contribution in [1.29, 1.82) is 0 Å². The van der Waals surface area contributed by atoms with Crippen molar-refractivity contribution in [2.24, 2.45) is 0 Å². The van der Waals surface area contributed by atoms with Crippen LogP contribution in [0.4, 0.5) is 0 Å². The van der Waals surface area contributed by atoms with E-state index in [0.717, 1.165) is 0 Å². The van der Waals surface area contributed by atoms with Crippen LogP contribution in [0.15, 0.2) is 0 Å². The maximum atomic E-state index is 5.03. The van der Waals surface area contributed by atoms with Crippen LogP contribution in [0.3, 0.4) is 0 Å². The van der Waals surface area contributed by atoms with Crippen molar-refractivity contribution in [2.75, 3.05) is 0 Å². The van der Waals surface area contributed by atoms with Crippen LogP contribution < -0.4 is 0 Å². The van der Waals surface area contributed by atoms with E-state index < -0.39 is 25.7 Å². The zero-order valence-electron chi connectivity index (χ0n) is 4.71. The van der Waals surface area contributed by atoms with Crippen molar-refractivity contribution in [3.8, 4) is 0 Å². The monoisotopic (exact) mass is 352 g/mol. The summed E-state index contributed by atoms with van der Waals surface area (Å²) >= 11 is -2.31. The molecule has 0 heterocycles. The first-order chi connectivity index (χ1) is 1.73. The molecule has 0 rings (SSSR count). The topological polar surface area (TPSA) is 189 Å². The van der Waals surface area contributed by atoms with Crippen molar-refractivity contribution in [3.63, 3.8) is 0 Å². The van der Waals surface area contributed by atoms with Crippen molar-refractivity contribution in [1.82, 2.24) is 0 Å². The Balaban J connectivity index is -0.00000000300. The van der Waals surface area contributed by atoms with Crippen LogP contribution in [0.2, 0.25) is 0 Å². The van der Waals surface area contributed by atoms with Crippen LogP contribution >= 0.6 is 20.4 Å². The van der Waals surface area contributed by atoms with Crippen molar-refractivity contribution in [2.45, 2.75) is 0 Å². The second kappa shape index (κ2) is 44.9. The molecular formula is H12Cl3LaO6. The molecule has 0 aliphatic rings. The predicted octanol–water partition coefficient (Wildman–Crippen LogP) is -2.88. The summed E-state index contributed by atoms with van der Waals surface area (Å²) in [6.07, 6.45) is 0. The molecule has 0 aliphatic heterocycles. The Morgan fingerprint density at radius 2 is 0.500 bits per heavy atom. The van der Waals surface area contributed by atoms with Gasteiger partial charge in [-0.05, 0) is 0 Å². The third-order valence-corrected chi connectivity index (χ3v) is 0. The van der Waals surface area contributed by atoms with E-state index in [9.17, 15) is 0 Å². The Morgan fingerprint density at radius 3 is 0.500 bits per heavy atom. The number of hydrogen-bond acceptors (Lipinski definition) is 0. The summed E-state index contributed by atoms with van der Waals surface area (Å²) in [5.41, 5.74) is 0. The summed E-state index contributed by atoms with van der Waals surface area (Å²) < 4.78 is 0. The van der Waals surface area contributed by atoms with Gasteiger partial charge in [0.05, 0.1) is 0 Å². The van der Waals surface area contributed by atoms with Gasteiger partial charge in [-0.1, -0.05) is 0 Å². The minimum atomic E-state index is -2.31. The summed E-state index contributed by atoms with van der Waals surface area (Å²) in [6, 6.07) is 0. The zero-order valence-corrected chi connectivity index (χ0v) is 10.6. The SMILES string of the molecule is O.O.O.O.O.O.[Cl][La]([Cl])[Cl]. The van der Waals surface area contributed by atoms with E-state index in [1.54, 1.807) is 0 Å². The fourth-order valence-corrected chi connectivity index (χ4v) is 0. The second-order valence-electron chi connectivity index (χ2n) is 0.247. The van der Waals surface area contributed by atoms with Crippen LogP contribution in [0, 0.1) is 25.7 Å². The first kappa shape index (κ1) is 59.5. The van der Waals surface area contributed by atoms with Crippen LogP contribution in [0.1, 0.15) is 0 Å². The standard InChI is InChI=1S/3ClH.La.6H2O/h3*1H;;6*1H2/q;;;+3;;;;;;/p-3. The fourth-order valence-electron chi connectivity index (χ4n) is 0. The number of rotatable bonds is 0. The molecule has 0 aliphatic carbocycles. The molecule has 0 atom stereocenters. The summed E-state index contributed by atoms with van der Waals surface area (Å²) in [6.45, 7) is 15.1. The molecule has 0 aromatic carbocycles. The molecule has 10 heteroatoms. The molecule has 0 radical (unpaired) electrons. The van der Waals surface area contributed by atoms with Crippen LogP contribution in [-0.2, 0) is 0 Å². The number of halogens is 3. The van der Waals surface area contributed by atoms with Crippen molar-refractivity contribution < 1.29 is 58.5 Å². The Hall–Kier alpha value is 1.82. The maximum absolute atomic E-state index is 5.03. The quantitative estimate of drug-likeness (QED) is 0.433. The van der Waals surface area contributed by atoms with E-state index in [0.29, 0.717) is 0 Å². The summed E-state index contributed by atoms with van der Waals surface area (Å²) in [5.74, 6) is 0. The molecule has 0 aromatic rings. The van der Waals surface area contributed by atoms with Gasteiger partial charge in [0.15, 0.2) is 0 Å². The van der Waals surface area contributed by atoms with E-state index in [1.165, 1.54) is 0 Å². The third kappa shape index (κ3) is 230. The van der Waals surface area contributed by atoms with Crippen LogP contribution in [0.5, 0.6) is 0 Å². The Morgan fingerprint density at radius 1 is 0.500 bits per heavy atom. The third-order valence-electron chi connectivity index (χ3n) is 0. The molecule has 0 saturated carbocycles. The molecule has 0 fully saturated rings. The summed E-state index contributed by atoms with van der Waals surface area (Å²) in [4.78, 5) is 0. The predicted molar refractivity (Wildman–Crippen MR) is 39.2 cm³/mol. The van der Waals surface area contributed by atoms with Gasteiger partial charge in [-0.2, -0.15) is 0 Å². The van der Waals surface area contributed by atoms with Gasteiger partial charge in [0, 0.05) is 0 Å². The Bertz CT molecular complexity index is 17.7. The number of hydrogen-bond donors (Lipinski definition) is 0. The van der Waals surface area contributed by atoms with Gasteiger partial charge in [-0.15, -0.1) is 0 Å². The van der Waals surface area contributed by atoms with Gasteiger partial charge in [0.2, 0.25) is 0 Å². The van der Waals surface area contributed by atoms with Gasteiger partial charge in [-0.25, -0.2) is 0 Å². The fraction of sp³-hybridized carbons (Fsp3) is 0.